The second-order valence-corrected chi connectivity index (χ2v) is 5.79. The van der Waals surface area contributed by atoms with Crippen LogP contribution < -0.4 is 16.1 Å². The number of carbonyl (C=O) groups excluding carboxylic acids is 1. The molecule has 25 heavy (non-hydrogen) atoms. The molecule has 0 unspecified atom stereocenters. The van der Waals surface area contributed by atoms with Crippen molar-refractivity contribution in [1.82, 2.24) is 13.7 Å². The number of amides is 1. The highest BCUT2D eigenvalue weighted by Crippen LogP contribution is 2.18. The maximum Gasteiger partial charge on any atom is 0.332 e. The lowest BCUT2D eigenvalue weighted by Crippen LogP contribution is -2.38. The number of likely N-dealkylation sites (N-methyl/N-ethyl adjacent to an activating group) is 1. The van der Waals surface area contributed by atoms with Gasteiger partial charge in [-0.25, -0.2) is 9.18 Å². The van der Waals surface area contributed by atoms with Crippen molar-refractivity contribution < 1.29 is 9.18 Å². The van der Waals surface area contributed by atoms with Crippen molar-refractivity contribution in [3.05, 3.63) is 63.2 Å². The highest BCUT2D eigenvalue weighted by molar-refractivity contribution is 5.93. The van der Waals surface area contributed by atoms with Gasteiger partial charge in [-0.3, -0.25) is 18.7 Å². The topological polar surface area (TPSA) is 69.2 Å². The van der Waals surface area contributed by atoms with E-state index in [1.54, 1.807) is 24.4 Å². The molecule has 8 heteroatoms. The van der Waals surface area contributed by atoms with Crippen molar-refractivity contribution in [1.29, 1.82) is 0 Å². The number of nitrogens with zero attached hydrogens (tertiary/aromatic N) is 4. The summed E-state index contributed by atoms with van der Waals surface area (Å²) < 4.78 is 17.7. The highest BCUT2D eigenvalue weighted by atomic mass is 19.1. The number of hydrogen-bond donors (Lipinski definition) is 0. The zero-order valence-electron chi connectivity index (χ0n) is 14.1. The van der Waals surface area contributed by atoms with Gasteiger partial charge in [0, 0.05) is 27.3 Å². The predicted molar refractivity (Wildman–Crippen MR) is 92.2 cm³/mol. The summed E-state index contributed by atoms with van der Waals surface area (Å²) in [7, 11) is 4.41. The van der Waals surface area contributed by atoms with Gasteiger partial charge in [0.15, 0.2) is 0 Å². The molecule has 0 aliphatic carbocycles. The van der Waals surface area contributed by atoms with Crippen LogP contribution in [0.2, 0.25) is 0 Å². The van der Waals surface area contributed by atoms with Gasteiger partial charge in [-0.2, -0.15) is 0 Å². The molecule has 7 nitrogen and oxygen atoms in total. The Hall–Kier alpha value is -3.16. The van der Waals surface area contributed by atoms with Gasteiger partial charge in [-0.1, -0.05) is 12.1 Å². The Balaban J connectivity index is 2.02. The molecule has 3 aromatic rings. The average molecular weight is 344 g/mol. The number of para-hydroxylation sites is 1. The fraction of sp³-hybridized carbons (Fsp3) is 0.235. The molecule has 130 valence electrons. The maximum absolute atomic E-state index is 13.9. The number of aryl methyl sites for hydroxylation is 1. The van der Waals surface area contributed by atoms with Crippen molar-refractivity contribution in [3.8, 4) is 0 Å². The number of anilines is 1. The first kappa shape index (κ1) is 16.7. The first-order valence-electron chi connectivity index (χ1n) is 7.59. The lowest BCUT2D eigenvalue weighted by molar-refractivity contribution is -0.118. The van der Waals surface area contributed by atoms with E-state index < -0.39 is 17.1 Å². The van der Waals surface area contributed by atoms with E-state index in [0.29, 0.717) is 11.0 Å². The van der Waals surface area contributed by atoms with E-state index in [0.717, 1.165) is 4.57 Å². The third kappa shape index (κ3) is 2.65. The number of carbonyl (C=O) groups is 1. The van der Waals surface area contributed by atoms with E-state index >= 15 is 0 Å². The monoisotopic (exact) mass is 344 g/mol. The summed E-state index contributed by atoms with van der Waals surface area (Å²) in [5.41, 5.74) is -0.392. The van der Waals surface area contributed by atoms with Gasteiger partial charge in [-0.15, -0.1) is 0 Å². The number of hydrogen-bond acceptors (Lipinski definition) is 3. The second-order valence-electron chi connectivity index (χ2n) is 5.79. The van der Waals surface area contributed by atoms with Crippen LogP contribution in [0.3, 0.4) is 0 Å². The quantitative estimate of drug-likeness (QED) is 0.707. The van der Waals surface area contributed by atoms with E-state index in [2.05, 4.69) is 0 Å². The summed E-state index contributed by atoms with van der Waals surface area (Å²) >= 11 is 0. The molecule has 1 aromatic carbocycles. The number of benzene rings is 1. The number of aromatic nitrogens is 3. The zero-order chi connectivity index (χ0) is 18.3. The summed E-state index contributed by atoms with van der Waals surface area (Å²) in [6, 6.07) is 7.53. The predicted octanol–water partition coefficient (Wildman–Crippen LogP) is 0.841. The first-order valence-corrected chi connectivity index (χ1v) is 7.59. The third-order valence-electron chi connectivity index (χ3n) is 4.25. The Morgan fingerprint density at radius 2 is 1.80 bits per heavy atom. The molecule has 3 rings (SSSR count). The minimum Gasteiger partial charge on any atom is -0.324 e. The molecule has 0 atom stereocenters. The zero-order valence-corrected chi connectivity index (χ0v) is 14.1. The van der Waals surface area contributed by atoms with Gasteiger partial charge in [0.2, 0.25) is 5.91 Å². The summed E-state index contributed by atoms with van der Waals surface area (Å²) in [6.45, 7) is -0.130. The van der Waals surface area contributed by atoms with Crippen LogP contribution in [0.15, 0.2) is 46.1 Å². The fourth-order valence-corrected chi connectivity index (χ4v) is 2.83. The molecule has 0 aliphatic rings. The smallest absolute Gasteiger partial charge is 0.324 e. The average Bonchev–Trinajstić information content (AvgIpc) is 3.01. The number of rotatable bonds is 3. The molecular formula is C17H17FN4O3. The molecule has 0 aliphatic heterocycles. The molecule has 0 radical (unpaired) electrons. The lowest BCUT2D eigenvalue weighted by atomic mass is 10.3. The molecule has 1 amide bonds. The number of halogens is 1. The van der Waals surface area contributed by atoms with Crippen LogP contribution in [0.25, 0.3) is 11.0 Å². The molecule has 0 fully saturated rings. The summed E-state index contributed by atoms with van der Waals surface area (Å²) in [5, 5.41) is 0.339. The van der Waals surface area contributed by atoms with E-state index in [1.807, 2.05) is 0 Å². The molecule has 0 saturated heterocycles. The van der Waals surface area contributed by atoms with E-state index in [-0.39, 0.29) is 18.1 Å². The summed E-state index contributed by atoms with van der Waals surface area (Å²) in [5.74, 6) is -0.882. The van der Waals surface area contributed by atoms with Gasteiger partial charge < -0.3 is 9.47 Å². The van der Waals surface area contributed by atoms with E-state index in [9.17, 15) is 18.8 Å². The Bertz CT molecular complexity index is 1090. The van der Waals surface area contributed by atoms with Crippen molar-refractivity contribution in [2.45, 2.75) is 6.54 Å². The third-order valence-corrected chi connectivity index (χ3v) is 4.25. The van der Waals surface area contributed by atoms with Crippen LogP contribution in [0.1, 0.15) is 0 Å². The van der Waals surface area contributed by atoms with Crippen LogP contribution in [0.5, 0.6) is 0 Å². The first-order chi connectivity index (χ1) is 11.8. The lowest BCUT2D eigenvalue weighted by Gasteiger charge is -2.19. The van der Waals surface area contributed by atoms with Crippen molar-refractivity contribution >= 4 is 22.6 Å². The normalized spacial score (nSPS) is 11.0. The van der Waals surface area contributed by atoms with Crippen LogP contribution >= 0.6 is 0 Å². The van der Waals surface area contributed by atoms with Crippen LogP contribution in [0.4, 0.5) is 10.1 Å². The van der Waals surface area contributed by atoms with Crippen LogP contribution in [0, 0.1) is 5.82 Å². The SMILES string of the molecule is CN(C(=O)Cn1ccc2c(=O)n(C)c(=O)n(C)c21)c1ccccc1F. The van der Waals surface area contributed by atoms with E-state index in [1.165, 1.54) is 47.3 Å². The Morgan fingerprint density at radius 1 is 1.12 bits per heavy atom. The van der Waals surface area contributed by atoms with Gasteiger partial charge in [0.1, 0.15) is 18.0 Å². The van der Waals surface area contributed by atoms with Gasteiger partial charge in [0.25, 0.3) is 5.56 Å². The largest absolute Gasteiger partial charge is 0.332 e. The van der Waals surface area contributed by atoms with Crippen molar-refractivity contribution in [3.63, 3.8) is 0 Å². The summed E-state index contributed by atoms with van der Waals surface area (Å²) in [4.78, 5) is 38.0. The standard InChI is InChI=1S/C17H17FN4O3/c1-19(13-7-5-4-6-12(13)18)14(23)10-22-9-8-11-15(22)20(2)17(25)21(3)16(11)24/h4-9H,10H2,1-3H3. The Morgan fingerprint density at radius 3 is 2.48 bits per heavy atom. The maximum atomic E-state index is 13.9. The Labute approximate surface area is 142 Å². The molecule has 0 saturated carbocycles. The van der Waals surface area contributed by atoms with E-state index in [4.69, 9.17) is 0 Å². The van der Waals surface area contributed by atoms with Crippen molar-refractivity contribution in [2.75, 3.05) is 11.9 Å². The Kier molecular flexibility index (Phi) is 4.03. The van der Waals surface area contributed by atoms with Crippen LogP contribution in [-0.4, -0.2) is 26.7 Å². The molecule has 0 bridgehead atoms. The molecular weight excluding hydrogens is 327 g/mol. The van der Waals surface area contributed by atoms with Crippen LogP contribution in [-0.2, 0) is 25.4 Å². The van der Waals surface area contributed by atoms with Gasteiger partial charge in [-0.05, 0) is 18.2 Å². The fourth-order valence-electron chi connectivity index (χ4n) is 2.83. The molecule has 0 N–H and O–H groups in total. The number of fused-ring (bicyclic) bond motifs is 1. The minimum atomic E-state index is -0.503. The minimum absolute atomic E-state index is 0.130. The highest BCUT2D eigenvalue weighted by Gasteiger charge is 2.18. The van der Waals surface area contributed by atoms with Crippen molar-refractivity contribution in [2.24, 2.45) is 14.1 Å². The second kappa shape index (κ2) is 6.04. The molecule has 0 spiro atoms. The van der Waals surface area contributed by atoms with Gasteiger partial charge in [0.05, 0.1) is 11.1 Å². The molecule has 2 heterocycles. The molecule has 2 aromatic heterocycles. The summed E-state index contributed by atoms with van der Waals surface area (Å²) in [6.07, 6.45) is 1.57. The van der Waals surface area contributed by atoms with Gasteiger partial charge >= 0.3 is 5.69 Å².